The molecule has 24 heavy (non-hydrogen) atoms. The van der Waals surface area contributed by atoms with Gasteiger partial charge in [-0.3, -0.25) is 0 Å². The number of morpholine rings is 1. The van der Waals surface area contributed by atoms with Gasteiger partial charge in [-0.1, -0.05) is 20.8 Å². The summed E-state index contributed by atoms with van der Waals surface area (Å²) in [6.45, 7) is 10.5. The van der Waals surface area contributed by atoms with Gasteiger partial charge in [-0.05, 0) is 37.3 Å². The van der Waals surface area contributed by atoms with E-state index < -0.39 is 10.0 Å². The predicted molar refractivity (Wildman–Crippen MR) is 95.6 cm³/mol. The first-order valence-electron chi connectivity index (χ1n) is 8.49. The molecule has 0 spiro atoms. The van der Waals surface area contributed by atoms with E-state index in [4.69, 9.17) is 4.74 Å². The molecule has 1 unspecified atom stereocenters. The molecular formula is C17H29N3O3S. The largest absolute Gasteiger partial charge is 0.379 e. The van der Waals surface area contributed by atoms with E-state index in [1.807, 2.05) is 0 Å². The fraction of sp³-hybridized carbons (Fsp3) is 0.706. The van der Waals surface area contributed by atoms with Crippen molar-refractivity contribution in [2.24, 2.45) is 5.41 Å². The van der Waals surface area contributed by atoms with E-state index in [2.05, 4.69) is 38.0 Å². The van der Waals surface area contributed by atoms with Gasteiger partial charge in [-0.25, -0.2) is 13.4 Å². The maximum atomic E-state index is 12.5. The van der Waals surface area contributed by atoms with Crippen molar-refractivity contribution in [1.82, 2.24) is 9.29 Å². The fourth-order valence-corrected chi connectivity index (χ4v) is 3.88. The van der Waals surface area contributed by atoms with Gasteiger partial charge in [0.1, 0.15) is 10.7 Å². The van der Waals surface area contributed by atoms with Gasteiger partial charge in [0.05, 0.1) is 13.2 Å². The summed E-state index contributed by atoms with van der Waals surface area (Å²) in [5.41, 5.74) is 0.305. The van der Waals surface area contributed by atoms with Crippen molar-refractivity contribution < 1.29 is 13.2 Å². The van der Waals surface area contributed by atoms with Crippen LogP contribution in [-0.2, 0) is 14.8 Å². The topological polar surface area (TPSA) is 71.5 Å². The zero-order chi connectivity index (χ0) is 17.8. The molecule has 0 bridgehead atoms. The van der Waals surface area contributed by atoms with E-state index in [-0.39, 0.29) is 4.90 Å². The highest BCUT2D eigenvalue weighted by Crippen LogP contribution is 2.23. The second-order valence-electron chi connectivity index (χ2n) is 7.54. The first kappa shape index (κ1) is 19.1. The maximum absolute atomic E-state index is 12.5. The van der Waals surface area contributed by atoms with E-state index in [0.29, 0.717) is 43.6 Å². The minimum Gasteiger partial charge on any atom is -0.379 e. The normalized spacial score (nSPS) is 18.3. The van der Waals surface area contributed by atoms with Crippen molar-refractivity contribution in [2.45, 2.75) is 51.5 Å². The molecule has 7 heteroatoms. The van der Waals surface area contributed by atoms with Gasteiger partial charge >= 0.3 is 0 Å². The minimum absolute atomic E-state index is 0.234. The number of nitrogens with one attached hydrogen (secondary N) is 1. The molecule has 2 rings (SSSR count). The van der Waals surface area contributed by atoms with Gasteiger partial charge in [0.2, 0.25) is 10.0 Å². The standard InChI is InChI=1S/C17H29N3O3S/c1-14(7-8-17(2,3)4)19-16-6-5-15(13-18-16)24(21,22)20-9-11-23-12-10-20/h5-6,13-14H,7-12H2,1-4H3,(H,18,19). The van der Waals surface area contributed by atoms with Gasteiger partial charge in [-0.2, -0.15) is 4.31 Å². The Bertz CT molecular complexity index is 617. The highest BCUT2D eigenvalue weighted by atomic mass is 32.2. The van der Waals surface area contributed by atoms with Crippen molar-refractivity contribution in [1.29, 1.82) is 0 Å². The molecular weight excluding hydrogens is 326 g/mol. The van der Waals surface area contributed by atoms with E-state index in [1.54, 1.807) is 12.1 Å². The SMILES string of the molecule is CC(CCC(C)(C)C)Nc1ccc(S(=O)(=O)N2CCOCC2)cn1. The number of aromatic nitrogens is 1. The van der Waals surface area contributed by atoms with Crippen molar-refractivity contribution >= 4 is 15.8 Å². The molecule has 0 aromatic carbocycles. The Morgan fingerprint density at radius 1 is 1.29 bits per heavy atom. The van der Waals surface area contributed by atoms with E-state index in [9.17, 15) is 8.42 Å². The molecule has 6 nitrogen and oxygen atoms in total. The average molecular weight is 356 g/mol. The van der Waals surface area contributed by atoms with Crippen LogP contribution in [0.15, 0.2) is 23.2 Å². The number of hydrogen-bond donors (Lipinski definition) is 1. The molecule has 0 aliphatic carbocycles. The fourth-order valence-electron chi connectivity index (χ4n) is 2.53. The summed E-state index contributed by atoms with van der Waals surface area (Å²) in [7, 11) is -3.47. The van der Waals surface area contributed by atoms with Crippen molar-refractivity contribution in [3.63, 3.8) is 0 Å². The van der Waals surface area contributed by atoms with Crippen LogP contribution in [0.3, 0.4) is 0 Å². The lowest BCUT2D eigenvalue weighted by Gasteiger charge is -2.26. The summed E-state index contributed by atoms with van der Waals surface area (Å²) < 4.78 is 31.7. The molecule has 1 aliphatic rings. The van der Waals surface area contributed by atoms with Crippen LogP contribution in [0, 0.1) is 5.41 Å². The molecule has 1 fully saturated rings. The Morgan fingerprint density at radius 2 is 1.96 bits per heavy atom. The summed E-state index contributed by atoms with van der Waals surface area (Å²) >= 11 is 0. The number of anilines is 1. The predicted octanol–water partition coefficient (Wildman–Crippen LogP) is 2.73. The van der Waals surface area contributed by atoms with E-state index in [0.717, 1.165) is 12.8 Å². The van der Waals surface area contributed by atoms with Crippen LogP contribution in [0.5, 0.6) is 0 Å². The van der Waals surface area contributed by atoms with Crippen molar-refractivity contribution in [2.75, 3.05) is 31.6 Å². The van der Waals surface area contributed by atoms with Crippen LogP contribution < -0.4 is 5.32 Å². The van der Waals surface area contributed by atoms with Crippen LogP contribution in [0.25, 0.3) is 0 Å². The quantitative estimate of drug-likeness (QED) is 0.849. The lowest BCUT2D eigenvalue weighted by atomic mass is 9.89. The summed E-state index contributed by atoms with van der Waals surface area (Å²) in [5.74, 6) is 0.706. The molecule has 2 heterocycles. The third-order valence-electron chi connectivity index (χ3n) is 4.07. The Balaban J connectivity index is 1.97. The highest BCUT2D eigenvalue weighted by Gasteiger charge is 2.26. The van der Waals surface area contributed by atoms with Crippen LogP contribution in [0.2, 0.25) is 0 Å². The van der Waals surface area contributed by atoms with Crippen LogP contribution in [0.4, 0.5) is 5.82 Å². The van der Waals surface area contributed by atoms with E-state index >= 15 is 0 Å². The number of hydrogen-bond acceptors (Lipinski definition) is 5. The molecule has 0 radical (unpaired) electrons. The zero-order valence-corrected chi connectivity index (χ0v) is 15.9. The summed E-state index contributed by atoms with van der Waals surface area (Å²) in [5, 5.41) is 3.33. The van der Waals surface area contributed by atoms with Crippen LogP contribution in [0.1, 0.15) is 40.5 Å². The third kappa shape index (κ3) is 5.43. The van der Waals surface area contributed by atoms with Gasteiger partial charge < -0.3 is 10.1 Å². The number of nitrogens with zero attached hydrogens (tertiary/aromatic N) is 2. The minimum atomic E-state index is -3.47. The molecule has 0 amide bonds. The van der Waals surface area contributed by atoms with Crippen molar-refractivity contribution in [3.05, 3.63) is 18.3 Å². The molecule has 0 saturated carbocycles. The molecule has 1 aliphatic heterocycles. The Labute approximate surface area is 145 Å². The first-order valence-corrected chi connectivity index (χ1v) is 9.93. The Hall–Kier alpha value is -1.18. The lowest BCUT2D eigenvalue weighted by molar-refractivity contribution is 0.0730. The first-order chi connectivity index (χ1) is 11.2. The second kappa shape index (κ2) is 7.80. The molecule has 1 atom stereocenters. The third-order valence-corrected chi connectivity index (χ3v) is 5.95. The van der Waals surface area contributed by atoms with Crippen molar-refractivity contribution in [3.8, 4) is 0 Å². The summed E-state index contributed by atoms with van der Waals surface area (Å²) in [4.78, 5) is 4.51. The Kier molecular flexibility index (Phi) is 6.22. The molecule has 1 N–H and O–H groups in total. The summed E-state index contributed by atoms with van der Waals surface area (Å²) in [6.07, 6.45) is 3.59. The van der Waals surface area contributed by atoms with Gasteiger partial charge in [0.15, 0.2) is 0 Å². The van der Waals surface area contributed by atoms with Crippen LogP contribution in [-0.4, -0.2) is 50.1 Å². The zero-order valence-electron chi connectivity index (χ0n) is 15.1. The highest BCUT2D eigenvalue weighted by molar-refractivity contribution is 7.89. The number of pyridine rings is 1. The monoisotopic (exact) mass is 355 g/mol. The van der Waals surface area contributed by atoms with Gasteiger partial charge in [-0.15, -0.1) is 0 Å². The van der Waals surface area contributed by atoms with Crippen LogP contribution >= 0.6 is 0 Å². The number of sulfonamides is 1. The second-order valence-corrected chi connectivity index (χ2v) is 9.48. The smallest absolute Gasteiger partial charge is 0.244 e. The Morgan fingerprint density at radius 3 is 2.50 bits per heavy atom. The maximum Gasteiger partial charge on any atom is 0.244 e. The lowest BCUT2D eigenvalue weighted by Crippen LogP contribution is -2.40. The average Bonchev–Trinajstić information content (AvgIpc) is 2.54. The molecule has 1 aromatic rings. The summed E-state index contributed by atoms with van der Waals surface area (Å²) in [6, 6.07) is 3.65. The molecule has 136 valence electrons. The number of ether oxygens (including phenoxy) is 1. The number of rotatable bonds is 6. The molecule has 1 aromatic heterocycles. The van der Waals surface area contributed by atoms with Gasteiger partial charge in [0.25, 0.3) is 0 Å². The molecule has 1 saturated heterocycles. The van der Waals surface area contributed by atoms with E-state index in [1.165, 1.54) is 10.5 Å². The van der Waals surface area contributed by atoms with Gasteiger partial charge in [0, 0.05) is 25.3 Å².